The summed E-state index contributed by atoms with van der Waals surface area (Å²) in [6.07, 6.45) is 0.902. The van der Waals surface area contributed by atoms with Gasteiger partial charge in [-0.2, -0.15) is 4.31 Å². The van der Waals surface area contributed by atoms with Gasteiger partial charge in [0.05, 0.1) is 15.1 Å². The van der Waals surface area contributed by atoms with Crippen LogP contribution in [0.15, 0.2) is 53.4 Å². The van der Waals surface area contributed by atoms with E-state index in [1.54, 1.807) is 12.1 Å². The minimum absolute atomic E-state index is 0.136. The van der Waals surface area contributed by atoms with Crippen molar-refractivity contribution in [1.29, 1.82) is 0 Å². The number of anilines is 1. The number of aromatic nitrogens is 1. The lowest BCUT2D eigenvalue weighted by Gasteiger charge is -2.23. The number of carbonyl (C=O) groups is 2. The van der Waals surface area contributed by atoms with Gasteiger partial charge in [-0.25, -0.2) is 13.4 Å². The first-order chi connectivity index (χ1) is 15.8. The zero-order chi connectivity index (χ0) is 23.6. The van der Waals surface area contributed by atoms with Gasteiger partial charge in [-0.15, -0.1) is 0 Å². The Kier molecular flexibility index (Phi) is 6.78. The van der Waals surface area contributed by atoms with E-state index >= 15 is 0 Å². The molecular formula is C23H25N3O5S2. The fourth-order valence-corrected chi connectivity index (χ4v) is 6.50. The van der Waals surface area contributed by atoms with E-state index in [-0.39, 0.29) is 11.4 Å². The maximum atomic E-state index is 13.1. The molecule has 1 aliphatic heterocycles. The van der Waals surface area contributed by atoms with E-state index < -0.39 is 34.5 Å². The quantitative estimate of drug-likeness (QED) is 0.474. The lowest BCUT2D eigenvalue weighted by Crippen LogP contribution is -2.43. The number of rotatable bonds is 7. The van der Waals surface area contributed by atoms with E-state index in [1.165, 1.54) is 32.7 Å². The highest BCUT2D eigenvalue weighted by Crippen LogP contribution is 2.29. The third-order valence-corrected chi connectivity index (χ3v) is 8.55. The van der Waals surface area contributed by atoms with Crippen LogP contribution >= 0.6 is 11.3 Å². The number of amides is 1. The van der Waals surface area contributed by atoms with Crippen LogP contribution in [-0.4, -0.2) is 55.3 Å². The SMILES string of the molecule is CCN(C(=O)COC(=O)[C@@H]1CCCN1S(=O)(=O)c1ccc(C)cc1)c1nc2ccccc2s1. The summed E-state index contributed by atoms with van der Waals surface area (Å²) in [5.74, 6) is -1.12. The van der Waals surface area contributed by atoms with Crippen LogP contribution in [0.5, 0.6) is 0 Å². The average molecular weight is 488 g/mol. The molecule has 0 spiro atoms. The number of ether oxygens (including phenoxy) is 1. The van der Waals surface area contributed by atoms with Crippen molar-refractivity contribution in [2.24, 2.45) is 0 Å². The maximum Gasteiger partial charge on any atom is 0.324 e. The van der Waals surface area contributed by atoms with Crippen molar-refractivity contribution in [1.82, 2.24) is 9.29 Å². The van der Waals surface area contributed by atoms with E-state index in [0.29, 0.717) is 24.5 Å². The van der Waals surface area contributed by atoms with Crippen LogP contribution in [0.25, 0.3) is 10.2 Å². The Morgan fingerprint density at radius 1 is 1.18 bits per heavy atom. The van der Waals surface area contributed by atoms with Crippen LogP contribution in [0.3, 0.4) is 0 Å². The maximum absolute atomic E-state index is 13.1. The van der Waals surface area contributed by atoms with Gasteiger partial charge in [0.1, 0.15) is 6.04 Å². The highest BCUT2D eigenvalue weighted by Gasteiger charge is 2.40. The van der Waals surface area contributed by atoms with Gasteiger partial charge in [-0.3, -0.25) is 14.5 Å². The minimum atomic E-state index is -3.84. The Balaban J connectivity index is 1.43. The topological polar surface area (TPSA) is 96.9 Å². The van der Waals surface area contributed by atoms with Crippen molar-refractivity contribution in [2.45, 2.75) is 37.6 Å². The molecule has 0 radical (unpaired) electrons. The number of esters is 1. The first kappa shape index (κ1) is 23.3. The van der Waals surface area contributed by atoms with Crippen LogP contribution in [0.1, 0.15) is 25.3 Å². The monoisotopic (exact) mass is 487 g/mol. The lowest BCUT2D eigenvalue weighted by atomic mass is 10.2. The van der Waals surface area contributed by atoms with Crippen molar-refractivity contribution in [3.05, 3.63) is 54.1 Å². The number of thiazole rings is 1. The van der Waals surface area contributed by atoms with Crippen LogP contribution < -0.4 is 4.90 Å². The van der Waals surface area contributed by atoms with Crippen molar-refractivity contribution in [2.75, 3.05) is 24.6 Å². The highest BCUT2D eigenvalue weighted by atomic mass is 32.2. The summed E-state index contributed by atoms with van der Waals surface area (Å²) in [7, 11) is -3.84. The second-order valence-corrected chi connectivity index (χ2v) is 10.7. The molecule has 10 heteroatoms. The largest absolute Gasteiger partial charge is 0.454 e. The molecule has 0 unspecified atom stereocenters. The Labute approximate surface area is 196 Å². The molecule has 0 aliphatic carbocycles. The average Bonchev–Trinajstić information content (AvgIpc) is 3.46. The summed E-state index contributed by atoms with van der Waals surface area (Å²) in [6, 6.07) is 13.1. The first-order valence-electron chi connectivity index (χ1n) is 10.7. The van der Waals surface area contributed by atoms with Crippen molar-refractivity contribution < 1.29 is 22.7 Å². The summed E-state index contributed by atoms with van der Waals surface area (Å²) >= 11 is 1.39. The number of nitrogens with zero attached hydrogens (tertiary/aromatic N) is 3. The predicted molar refractivity (Wildman–Crippen MR) is 127 cm³/mol. The number of likely N-dealkylation sites (N-methyl/N-ethyl adjacent to an activating group) is 1. The Bertz CT molecular complexity index is 1240. The second-order valence-electron chi connectivity index (χ2n) is 7.80. The number of para-hydroxylation sites is 1. The number of carbonyl (C=O) groups excluding carboxylic acids is 2. The molecule has 174 valence electrons. The number of hydrogen-bond donors (Lipinski definition) is 0. The van der Waals surface area contributed by atoms with Gasteiger partial charge in [0.15, 0.2) is 11.7 Å². The minimum Gasteiger partial charge on any atom is -0.454 e. The fraction of sp³-hybridized carbons (Fsp3) is 0.348. The molecular weight excluding hydrogens is 462 g/mol. The van der Waals surface area contributed by atoms with Gasteiger partial charge in [-0.1, -0.05) is 41.2 Å². The second kappa shape index (κ2) is 9.58. The molecule has 1 atom stereocenters. The molecule has 2 heterocycles. The van der Waals surface area contributed by atoms with Crippen LogP contribution in [0.2, 0.25) is 0 Å². The number of fused-ring (bicyclic) bond motifs is 1. The summed E-state index contributed by atoms with van der Waals surface area (Å²) in [4.78, 5) is 31.6. The third-order valence-electron chi connectivity index (χ3n) is 5.57. The summed E-state index contributed by atoms with van der Waals surface area (Å²) in [5.41, 5.74) is 1.74. The Morgan fingerprint density at radius 3 is 2.61 bits per heavy atom. The number of hydrogen-bond acceptors (Lipinski definition) is 7. The zero-order valence-corrected chi connectivity index (χ0v) is 20.1. The number of sulfonamides is 1. The van der Waals surface area contributed by atoms with Gasteiger partial charge in [0, 0.05) is 13.1 Å². The van der Waals surface area contributed by atoms with Crippen molar-refractivity contribution in [3.8, 4) is 0 Å². The lowest BCUT2D eigenvalue weighted by molar-refractivity contribution is -0.151. The van der Waals surface area contributed by atoms with Crippen LogP contribution in [0, 0.1) is 6.92 Å². The molecule has 1 aliphatic rings. The molecule has 0 N–H and O–H groups in total. The number of aryl methyl sites for hydroxylation is 1. The van der Waals surface area contributed by atoms with E-state index in [9.17, 15) is 18.0 Å². The van der Waals surface area contributed by atoms with E-state index in [0.717, 1.165) is 15.8 Å². The normalized spacial score (nSPS) is 16.7. The molecule has 1 fully saturated rings. The van der Waals surface area contributed by atoms with Gasteiger partial charge in [0.25, 0.3) is 5.91 Å². The van der Waals surface area contributed by atoms with Crippen LogP contribution in [-0.2, 0) is 24.3 Å². The van der Waals surface area contributed by atoms with Crippen molar-refractivity contribution >= 4 is 48.6 Å². The number of benzene rings is 2. The fourth-order valence-electron chi connectivity index (χ4n) is 3.81. The van der Waals surface area contributed by atoms with E-state index in [4.69, 9.17) is 4.74 Å². The van der Waals surface area contributed by atoms with Crippen LogP contribution in [0.4, 0.5) is 5.13 Å². The molecule has 1 amide bonds. The molecule has 8 nitrogen and oxygen atoms in total. The Morgan fingerprint density at radius 2 is 1.91 bits per heavy atom. The molecule has 33 heavy (non-hydrogen) atoms. The molecule has 0 saturated carbocycles. The van der Waals surface area contributed by atoms with Gasteiger partial charge >= 0.3 is 5.97 Å². The molecule has 2 aromatic carbocycles. The van der Waals surface area contributed by atoms with E-state index in [1.807, 2.05) is 38.1 Å². The highest BCUT2D eigenvalue weighted by molar-refractivity contribution is 7.89. The molecule has 0 bridgehead atoms. The van der Waals surface area contributed by atoms with E-state index in [2.05, 4.69) is 4.98 Å². The Hall–Kier alpha value is -2.82. The molecule has 1 aromatic heterocycles. The van der Waals surface area contributed by atoms with Gasteiger partial charge in [0.2, 0.25) is 10.0 Å². The summed E-state index contributed by atoms with van der Waals surface area (Å²) in [5, 5.41) is 0.532. The summed E-state index contributed by atoms with van der Waals surface area (Å²) < 4.78 is 33.5. The first-order valence-corrected chi connectivity index (χ1v) is 13.0. The summed E-state index contributed by atoms with van der Waals surface area (Å²) in [6.45, 7) is 3.82. The van der Waals surface area contributed by atoms with Gasteiger partial charge < -0.3 is 4.74 Å². The molecule has 3 aromatic rings. The zero-order valence-electron chi connectivity index (χ0n) is 18.4. The van der Waals surface area contributed by atoms with Gasteiger partial charge in [-0.05, 0) is 51.0 Å². The molecule has 4 rings (SSSR count). The smallest absolute Gasteiger partial charge is 0.324 e. The standard InChI is InChI=1S/C23H25N3O5S2/c1-3-25(23-24-18-7-4-5-9-20(18)32-23)21(27)15-31-22(28)19-8-6-14-26(19)33(29,30)17-12-10-16(2)11-13-17/h4-5,7,9-13,19H,3,6,8,14-15H2,1-2H3/t19-/m0/s1. The predicted octanol–water partition coefficient (Wildman–Crippen LogP) is 3.35. The molecule has 1 saturated heterocycles. The van der Waals surface area contributed by atoms with Crippen molar-refractivity contribution in [3.63, 3.8) is 0 Å². The third kappa shape index (κ3) is 4.78.